The third-order valence-corrected chi connectivity index (χ3v) is 7.58. The van der Waals surface area contributed by atoms with E-state index < -0.39 is 29.4 Å². The number of esters is 2. The highest BCUT2D eigenvalue weighted by Crippen LogP contribution is 2.36. The monoisotopic (exact) mass is 629 g/mol. The van der Waals surface area contributed by atoms with E-state index in [0.29, 0.717) is 12.8 Å². The second-order valence-electron chi connectivity index (χ2n) is 12.7. The Kier molecular flexibility index (Phi) is 11.9. The number of rotatable bonds is 13. The van der Waals surface area contributed by atoms with E-state index in [4.69, 9.17) is 18.9 Å². The van der Waals surface area contributed by atoms with Gasteiger partial charge in [0.15, 0.2) is 0 Å². The van der Waals surface area contributed by atoms with Crippen molar-refractivity contribution in [3.05, 3.63) is 95.6 Å². The van der Waals surface area contributed by atoms with Crippen molar-refractivity contribution in [1.29, 1.82) is 0 Å². The minimum atomic E-state index is -0.771. The molecule has 9 nitrogen and oxygen atoms in total. The largest absolute Gasteiger partial charge is 0.508 e. The number of benzene rings is 3. The number of hydrogen-bond donors (Lipinski definition) is 1. The van der Waals surface area contributed by atoms with Crippen molar-refractivity contribution in [3.63, 3.8) is 0 Å². The zero-order chi connectivity index (χ0) is 33.1. The van der Waals surface area contributed by atoms with Gasteiger partial charge in [-0.05, 0) is 54.5 Å². The summed E-state index contributed by atoms with van der Waals surface area (Å²) in [6, 6.07) is 25.0. The SMILES string of the molecule is CC(C)OC(=O)OCC(C)(C)COC(=O)C1CC(NC(=O)CCC(=O)OCc2ccccc2)Cc2ccc(-c3ccccc3)cc21. The van der Waals surface area contributed by atoms with Gasteiger partial charge in [-0.25, -0.2) is 4.79 Å². The molecule has 0 radical (unpaired) electrons. The molecule has 0 saturated heterocycles. The van der Waals surface area contributed by atoms with Gasteiger partial charge in [-0.2, -0.15) is 0 Å². The lowest BCUT2D eigenvalue weighted by atomic mass is 9.78. The lowest BCUT2D eigenvalue weighted by Crippen LogP contribution is -2.42. The molecule has 0 bridgehead atoms. The third-order valence-electron chi connectivity index (χ3n) is 7.58. The van der Waals surface area contributed by atoms with Gasteiger partial charge in [-0.3, -0.25) is 14.4 Å². The summed E-state index contributed by atoms with van der Waals surface area (Å²) in [5.74, 6) is -1.79. The number of ether oxygens (including phenoxy) is 4. The molecule has 3 aromatic carbocycles. The fourth-order valence-corrected chi connectivity index (χ4v) is 5.22. The molecule has 9 heteroatoms. The molecule has 0 fully saturated rings. The van der Waals surface area contributed by atoms with Crippen LogP contribution in [0.2, 0.25) is 0 Å². The van der Waals surface area contributed by atoms with Gasteiger partial charge in [0.05, 0.1) is 25.0 Å². The van der Waals surface area contributed by atoms with Crippen molar-refractivity contribution in [2.45, 2.75) is 78.0 Å². The van der Waals surface area contributed by atoms with E-state index >= 15 is 0 Å². The molecule has 1 amide bonds. The molecule has 1 aliphatic carbocycles. The van der Waals surface area contributed by atoms with Gasteiger partial charge in [0, 0.05) is 17.9 Å². The van der Waals surface area contributed by atoms with E-state index in [0.717, 1.165) is 27.8 Å². The number of hydrogen-bond acceptors (Lipinski definition) is 8. The van der Waals surface area contributed by atoms with Crippen LogP contribution >= 0.6 is 0 Å². The molecule has 0 aromatic heterocycles. The Hall–Kier alpha value is -4.66. The molecule has 1 N–H and O–H groups in total. The van der Waals surface area contributed by atoms with Crippen LogP contribution in [0.1, 0.15) is 69.6 Å². The van der Waals surface area contributed by atoms with Crippen LogP contribution < -0.4 is 5.32 Å². The average molecular weight is 630 g/mol. The first-order valence-corrected chi connectivity index (χ1v) is 15.7. The van der Waals surface area contributed by atoms with Gasteiger partial charge in [0.2, 0.25) is 5.91 Å². The van der Waals surface area contributed by atoms with Gasteiger partial charge in [0.25, 0.3) is 0 Å². The second-order valence-corrected chi connectivity index (χ2v) is 12.7. The van der Waals surface area contributed by atoms with E-state index in [1.54, 1.807) is 13.8 Å². The fraction of sp³-hybridized carbons (Fsp3) is 0.405. The Morgan fingerprint density at radius 2 is 1.50 bits per heavy atom. The summed E-state index contributed by atoms with van der Waals surface area (Å²) in [5, 5.41) is 3.01. The van der Waals surface area contributed by atoms with Crippen molar-refractivity contribution in [2.75, 3.05) is 13.2 Å². The molecule has 1 aliphatic rings. The summed E-state index contributed by atoms with van der Waals surface area (Å²) in [5.41, 5.74) is 4.02. The summed E-state index contributed by atoms with van der Waals surface area (Å²) in [6.07, 6.45) is -0.265. The molecule has 0 saturated carbocycles. The summed E-state index contributed by atoms with van der Waals surface area (Å²) in [7, 11) is 0. The smallest absolute Gasteiger partial charge is 0.465 e. The van der Waals surface area contributed by atoms with Crippen molar-refractivity contribution in [3.8, 4) is 11.1 Å². The molecular formula is C37H43NO8. The molecule has 0 aliphatic heterocycles. The van der Waals surface area contributed by atoms with E-state index in [1.807, 2.05) is 92.7 Å². The second kappa shape index (κ2) is 16.1. The average Bonchev–Trinajstić information content (AvgIpc) is 3.04. The van der Waals surface area contributed by atoms with Crippen LogP contribution in [-0.2, 0) is 46.4 Å². The zero-order valence-corrected chi connectivity index (χ0v) is 27.0. The van der Waals surface area contributed by atoms with Gasteiger partial charge < -0.3 is 24.3 Å². The first kappa shape index (κ1) is 34.2. The number of carbonyl (C=O) groups excluding carboxylic acids is 4. The first-order chi connectivity index (χ1) is 22.0. The highest BCUT2D eigenvalue weighted by Gasteiger charge is 2.35. The summed E-state index contributed by atoms with van der Waals surface area (Å²) in [6.45, 7) is 7.32. The molecule has 0 heterocycles. The Labute approximate surface area is 270 Å². The topological polar surface area (TPSA) is 117 Å². The van der Waals surface area contributed by atoms with E-state index in [1.165, 1.54) is 0 Å². The molecule has 0 spiro atoms. The van der Waals surface area contributed by atoms with Crippen molar-refractivity contribution < 1.29 is 38.1 Å². The molecule has 4 rings (SSSR count). The van der Waals surface area contributed by atoms with Crippen LogP contribution in [0.25, 0.3) is 11.1 Å². The zero-order valence-electron chi connectivity index (χ0n) is 27.0. The van der Waals surface area contributed by atoms with Gasteiger partial charge >= 0.3 is 18.1 Å². The molecule has 2 unspecified atom stereocenters. The van der Waals surface area contributed by atoms with E-state index in [9.17, 15) is 19.2 Å². The maximum absolute atomic E-state index is 13.6. The number of nitrogens with one attached hydrogen (secondary N) is 1. The highest BCUT2D eigenvalue weighted by molar-refractivity contribution is 5.83. The van der Waals surface area contributed by atoms with Crippen molar-refractivity contribution in [2.24, 2.45) is 5.41 Å². The Bertz CT molecular complexity index is 1490. The lowest BCUT2D eigenvalue weighted by molar-refractivity contribution is -0.150. The predicted molar refractivity (Wildman–Crippen MR) is 173 cm³/mol. The summed E-state index contributed by atoms with van der Waals surface area (Å²) < 4.78 is 21.4. The number of amides is 1. The first-order valence-electron chi connectivity index (χ1n) is 15.7. The van der Waals surface area contributed by atoms with Crippen LogP contribution in [0, 0.1) is 5.41 Å². The standard InChI is InChI=1S/C37H43NO8/c1-25(2)46-36(42)45-24-37(3,4)23-44-35(41)32-21-30(19-29-16-15-28(20-31(29)32)27-13-9-6-10-14-27)38-33(39)17-18-34(40)43-22-26-11-7-5-8-12-26/h5-16,20,25,30,32H,17-19,21-24H2,1-4H3,(H,38,39). The maximum Gasteiger partial charge on any atom is 0.508 e. The van der Waals surface area contributed by atoms with Gasteiger partial charge in [-0.15, -0.1) is 0 Å². The Balaban J connectivity index is 1.40. The Morgan fingerprint density at radius 3 is 2.20 bits per heavy atom. The van der Waals surface area contributed by atoms with Crippen molar-refractivity contribution >= 4 is 24.0 Å². The number of carbonyl (C=O) groups is 4. The minimum absolute atomic E-state index is 0.0116. The predicted octanol–water partition coefficient (Wildman–Crippen LogP) is 6.52. The quantitative estimate of drug-likeness (QED) is 0.168. The molecule has 3 aromatic rings. The third kappa shape index (κ3) is 10.5. The highest BCUT2D eigenvalue weighted by atomic mass is 16.7. The molecular weight excluding hydrogens is 586 g/mol. The van der Waals surface area contributed by atoms with E-state index in [-0.39, 0.29) is 50.7 Å². The number of fused-ring (bicyclic) bond motifs is 1. The van der Waals surface area contributed by atoms with Gasteiger partial charge in [0.1, 0.15) is 13.2 Å². The van der Waals surface area contributed by atoms with Crippen LogP contribution in [0.4, 0.5) is 4.79 Å². The molecule has 244 valence electrons. The summed E-state index contributed by atoms with van der Waals surface area (Å²) >= 11 is 0. The maximum atomic E-state index is 13.6. The van der Waals surface area contributed by atoms with Crippen molar-refractivity contribution in [1.82, 2.24) is 5.32 Å². The van der Waals surface area contributed by atoms with Crippen LogP contribution in [-0.4, -0.2) is 49.4 Å². The van der Waals surface area contributed by atoms with Crippen LogP contribution in [0.5, 0.6) is 0 Å². The van der Waals surface area contributed by atoms with Crippen LogP contribution in [0.15, 0.2) is 78.9 Å². The lowest BCUT2D eigenvalue weighted by Gasteiger charge is -2.32. The minimum Gasteiger partial charge on any atom is -0.465 e. The molecule has 46 heavy (non-hydrogen) atoms. The summed E-state index contributed by atoms with van der Waals surface area (Å²) in [4.78, 5) is 50.6. The van der Waals surface area contributed by atoms with E-state index in [2.05, 4.69) is 5.32 Å². The fourth-order valence-electron chi connectivity index (χ4n) is 5.22. The normalized spacial score (nSPS) is 15.8. The van der Waals surface area contributed by atoms with Crippen LogP contribution in [0.3, 0.4) is 0 Å². The molecule has 2 atom stereocenters. The van der Waals surface area contributed by atoms with Gasteiger partial charge in [-0.1, -0.05) is 92.7 Å². The Morgan fingerprint density at radius 1 is 0.826 bits per heavy atom.